The second-order valence-corrected chi connectivity index (χ2v) is 14.1. The Hall–Kier alpha value is -3.25. The highest BCUT2D eigenvalue weighted by molar-refractivity contribution is 6.31. The minimum atomic E-state index is -0.822. The normalized spacial score (nSPS) is 25.9. The summed E-state index contributed by atoms with van der Waals surface area (Å²) in [7, 11) is 0. The number of benzene rings is 1. The van der Waals surface area contributed by atoms with Gasteiger partial charge in [0.25, 0.3) is 0 Å². The van der Waals surface area contributed by atoms with E-state index in [2.05, 4.69) is 32.6 Å². The lowest BCUT2D eigenvalue weighted by Gasteiger charge is -2.37. The van der Waals surface area contributed by atoms with E-state index in [0.29, 0.717) is 66.9 Å². The van der Waals surface area contributed by atoms with Crippen molar-refractivity contribution in [3.8, 4) is 6.01 Å². The Bertz CT molecular complexity index is 1750. The summed E-state index contributed by atoms with van der Waals surface area (Å²) in [6.45, 7) is 4.72. The second-order valence-electron chi connectivity index (χ2n) is 13.7. The molecule has 3 unspecified atom stereocenters. The average molecular weight is 650 g/mol. The summed E-state index contributed by atoms with van der Waals surface area (Å²) in [6.07, 6.45) is 14.9. The van der Waals surface area contributed by atoms with E-state index in [4.69, 9.17) is 31.0 Å². The minimum absolute atomic E-state index is 0.0106. The third-order valence-corrected chi connectivity index (χ3v) is 10.6. The Kier molecular flexibility index (Phi) is 8.12. The third-order valence-electron chi connectivity index (χ3n) is 10.3. The van der Waals surface area contributed by atoms with Crippen LogP contribution < -0.4 is 25.5 Å². The van der Waals surface area contributed by atoms with Crippen LogP contribution in [-0.4, -0.2) is 87.8 Å². The molecule has 8 rings (SSSR count). The van der Waals surface area contributed by atoms with Crippen LogP contribution in [0.3, 0.4) is 0 Å². The number of aromatic nitrogens is 4. The van der Waals surface area contributed by atoms with Crippen molar-refractivity contribution in [1.29, 1.82) is 0 Å². The number of ether oxygens (including phenoxy) is 2. The molecule has 12 heteroatoms. The first-order valence-electron chi connectivity index (χ1n) is 16.7. The van der Waals surface area contributed by atoms with Crippen molar-refractivity contribution < 1.29 is 19.0 Å². The summed E-state index contributed by atoms with van der Waals surface area (Å²) in [6, 6.07) is 2.87. The van der Waals surface area contributed by atoms with Crippen molar-refractivity contribution in [2.45, 2.75) is 62.6 Å². The Labute approximate surface area is 272 Å². The molecular formula is C34H41ClFN7O3. The van der Waals surface area contributed by atoms with Gasteiger partial charge in [0.05, 0.1) is 41.8 Å². The molecule has 0 amide bonds. The number of rotatable bonds is 10. The van der Waals surface area contributed by atoms with Gasteiger partial charge in [-0.05, 0) is 81.6 Å². The Balaban J connectivity index is 1.13. The maximum Gasteiger partial charge on any atom is 0.319 e. The lowest BCUT2D eigenvalue weighted by Crippen LogP contribution is -2.50. The number of fused-ring (bicyclic) bond motifs is 3. The van der Waals surface area contributed by atoms with E-state index in [-0.39, 0.29) is 22.8 Å². The first-order chi connectivity index (χ1) is 22.5. The maximum absolute atomic E-state index is 16.7. The van der Waals surface area contributed by atoms with Crippen molar-refractivity contribution in [2.75, 3.05) is 50.9 Å². The van der Waals surface area contributed by atoms with Crippen LogP contribution >= 0.6 is 11.6 Å². The van der Waals surface area contributed by atoms with Gasteiger partial charge in [-0.2, -0.15) is 15.1 Å². The first-order valence-corrected chi connectivity index (χ1v) is 17.1. The molecule has 0 bridgehead atoms. The number of β-amino-alcohol motifs (C(OH)–C–C–N with tert-alkyl or cyclic N) is 1. The number of hydrogen-bond donors (Lipinski definition) is 3. The van der Waals surface area contributed by atoms with E-state index in [0.717, 1.165) is 49.7 Å². The summed E-state index contributed by atoms with van der Waals surface area (Å²) < 4.78 is 29.1. The molecule has 5 aliphatic rings. The van der Waals surface area contributed by atoms with Crippen LogP contribution in [0.4, 0.5) is 10.2 Å². The van der Waals surface area contributed by atoms with Crippen LogP contribution in [0.5, 0.6) is 6.01 Å². The molecule has 0 radical (unpaired) electrons. The average Bonchev–Trinajstić information content (AvgIpc) is 3.39. The van der Waals surface area contributed by atoms with Crippen molar-refractivity contribution in [2.24, 2.45) is 11.8 Å². The number of H-pyrrole nitrogens is 1. The number of aromatic amines is 1. The van der Waals surface area contributed by atoms with Gasteiger partial charge in [0.15, 0.2) is 5.83 Å². The van der Waals surface area contributed by atoms with Crippen LogP contribution in [0.25, 0.3) is 22.9 Å². The molecule has 4 aliphatic heterocycles. The molecule has 3 saturated heterocycles. The number of halogens is 2. The quantitative estimate of drug-likeness (QED) is 0.225. The number of aliphatic hydroxyl groups is 1. The Morgan fingerprint density at radius 3 is 2.83 bits per heavy atom. The van der Waals surface area contributed by atoms with Gasteiger partial charge in [0, 0.05) is 35.6 Å². The fourth-order valence-electron chi connectivity index (χ4n) is 7.91. The number of piperidine rings is 1. The lowest BCUT2D eigenvalue weighted by atomic mass is 9.95. The van der Waals surface area contributed by atoms with Gasteiger partial charge in [-0.15, -0.1) is 0 Å². The molecule has 6 heterocycles. The fraction of sp³-hybridized carbons (Fsp3) is 0.559. The van der Waals surface area contributed by atoms with Crippen molar-refractivity contribution >= 4 is 40.3 Å². The van der Waals surface area contributed by atoms with Crippen LogP contribution in [0.15, 0.2) is 30.5 Å². The highest BCUT2D eigenvalue weighted by Gasteiger charge is 2.45. The molecule has 1 aromatic carbocycles. The predicted molar refractivity (Wildman–Crippen MR) is 175 cm³/mol. The van der Waals surface area contributed by atoms with Gasteiger partial charge in [-0.3, -0.25) is 10.00 Å². The smallest absolute Gasteiger partial charge is 0.319 e. The van der Waals surface area contributed by atoms with Gasteiger partial charge < -0.3 is 24.8 Å². The SMILES string of the molecule is OC1CC(COC/C=C\C2CC2)CN(c2nc(OCC34CCCN3CCC4)nc3c2=CNC(c2cc(Cl)cc4[nH]ncc24)C=3F)C1. The molecule has 10 nitrogen and oxygen atoms in total. The number of hydrogen-bond acceptors (Lipinski definition) is 9. The Morgan fingerprint density at radius 2 is 2.00 bits per heavy atom. The third kappa shape index (κ3) is 5.87. The molecule has 2 aromatic heterocycles. The zero-order valence-electron chi connectivity index (χ0n) is 25.9. The number of anilines is 1. The van der Waals surface area contributed by atoms with Crippen LogP contribution in [0.1, 0.15) is 56.6 Å². The van der Waals surface area contributed by atoms with Crippen LogP contribution in [-0.2, 0) is 4.74 Å². The number of aliphatic hydroxyl groups excluding tert-OH is 1. The highest BCUT2D eigenvalue weighted by atomic mass is 35.5. The van der Waals surface area contributed by atoms with Gasteiger partial charge in [0.1, 0.15) is 23.8 Å². The largest absolute Gasteiger partial charge is 0.461 e. The number of nitrogens with zero attached hydrogens (tertiary/aromatic N) is 5. The fourth-order valence-corrected chi connectivity index (χ4v) is 8.14. The van der Waals surface area contributed by atoms with E-state index < -0.39 is 18.0 Å². The summed E-state index contributed by atoms with van der Waals surface area (Å²) in [5.74, 6) is 0.908. The van der Waals surface area contributed by atoms with Gasteiger partial charge in [-0.25, -0.2) is 4.39 Å². The standard InChI is InChI=1S/C34H41ClFN7O3/c35-23-13-25(26-16-38-41-28(26)14-23)30-29(36)31-27(15-37-30)32(40-33(39-31)46-20-34-7-2-9-43(34)10-3-8-34)42-17-22(12-24(44)18-42)19-45-11-1-4-21-5-6-21/h1,4,13-16,21-22,24,30,37,44H,2-3,5-12,17-20H2,(H,38,41)/b4-1-. The molecular weight excluding hydrogens is 609 g/mol. The molecule has 1 saturated carbocycles. The van der Waals surface area contributed by atoms with E-state index in [1.165, 1.54) is 12.8 Å². The van der Waals surface area contributed by atoms with Gasteiger partial charge in [0.2, 0.25) is 0 Å². The van der Waals surface area contributed by atoms with E-state index in [1.807, 2.05) is 4.90 Å². The van der Waals surface area contributed by atoms with E-state index >= 15 is 4.39 Å². The van der Waals surface area contributed by atoms with Crippen LogP contribution in [0, 0.1) is 11.8 Å². The monoisotopic (exact) mass is 649 g/mol. The maximum atomic E-state index is 16.7. The molecule has 244 valence electrons. The summed E-state index contributed by atoms with van der Waals surface area (Å²) in [4.78, 5) is 14.2. The van der Waals surface area contributed by atoms with Crippen LogP contribution in [0.2, 0.25) is 5.02 Å². The highest BCUT2D eigenvalue weighted by Crippen LogP contribution is 2.39. The Morgan fingerprint density at radius 1 is 1.15 bits per heavy atom. The molecule has 1 aliphatic carbocycles. The first kappa shape index (κ1) is 30.1. The van der Waals surface area contributed by atoms with Gasteiger partial charge in [-0.1, -0.05) is 23.8 Å². The molecule has 3 aromatic rings. The number of nitrogens with one attached hydrogen (secondary N) is 2. The zero-order valence-corrected chi connectivity index (χ0v) is 26.7. The van der Waals surface area contributed by atoms with E-state index in [1.54, 1.807) is 24.5 Å². The van der Waals surface area contributed by atoms with Gasteiger partial charge >= 0.3 is 6.01 Å². The topological polar surface area (TPSA) is 112 Å². The lowest BCUT2D eigenvalue weighted by molar-refractivity contribution is 0.0689. The summed E-state index contributed by atoms with van der Waals surface area (Å²) in [5.41, 5.74) is 1.38. The van der Waals surface area contributed by atoms with Crippen molar-refractivity contribution in [3.05, 3.63) is 51.6 Å². The van der Waals surface area contributed by atoms with Crippen molar-refractivity contribution in [1.82, 2.24) is 30.4 Å². The van der Waals surface area contributed by atoms with Crippen molar-refractivity contribution in [3.63, 3.8) is 0 Å². The second kappa shape index (κ2) is 12.4. The molecule has 3 atom stereocenters. The molecule has 0 spiro atoms. The van der Waals surface area contributed by atoms with E-state index in [9.17, 15) is 5.11 Å². The molecule has 46 heavy (non-hydrogen) atoms. The molecule has 4 fully saturated rings. The predicted octanol–water partition coefficient (Wildman–Crippen LogP) is 3.34. The number of allylic oxidation sites excluding steroid dienone is 1. The minimum Gasteiger partial charge on any atom is -0.461 e. The summed E-state index contributed by atoms with van der Waals surface area (Å²) >= 11 is 6.43. The summed E-state index contributed by atoms with van der Waals surface area (Å²) in [5, 5.41) is 23.3. The zero-order chi connectivity index (χ0) is 31.3. The molecule has 3 N–H and O–H groups in total.